The molecule has 0 aliphatic heterocycles. The molecule has 5 nitrogen and oxygen atoms in total. The first kappa shape index (κ1) is 13.9. The lowest BCUT2D eigenvalue weighted by atomic mass is 10.1. The van der Waals surface area contributed by atoms with Gasteiger partial charge in [-0.25, -0.2) is 0 Å². The number of benzene rings is 1. The van der Waals surface area contributed by atoms with Crippen molar-refractivity contribution in [3.63, 3.8) is 0 Å². The van der Waals surface area contributed by atoms with Crippen molar-refractivity contribution >= 4 is 27.8 Å². The highest BCUT2D eigenvalue weighted by Gasteiger charge is 2.03. The number of hydrogen-bond donors (Lipinski definition) is 3. The molecule has 1 aromatic carbocycles. The monoisotopic (exact) mass is 272 g/mol. The van der Waals surface area contributed by atoms with Crippen LogP contribution in [-0.2, 0) is 4.79 Å². The maximum absolute atomic E-state index is 11.6. The molecule has 104 valence electrons. The number of aromatic nitrogens is 2. The minimum absolute atomic E-state index is 0.0660. The zero-order valence-corrected chi connectivity index (χ0v) is 11.3. The molecule has 2 aromatic heterocycles. The number of fused-ring (bicyclic) bond motifs is 3. The summed E-state index contributed by atoms with van der Waals surface area (Å²) in [5, 5.41) is 10.0. The Bertz CT molecular complexity index is 799. The van der Waals surface area contributed by atoms with Crippen LogP contribution in [0.3, 0.4) is 0 Å². The van der Waals surface area contributed by atoms with Crippen LogP contribution in [0, 0.1) is 5.92 Å². The molecule has 0 radical (unpaired) electrons. The third-order valence-corrected chi connectivity index (χ3v) is 2.93. The van der Waals surface area contributed by atoms with Gasteiger partial charge < -0.3 is 15.1 Å². The van der Waals surface area contributed by atoms with Gasteiger partial charge in [-0.05, 0) is 12.1 Å². The Labute approximate surface area is 115 Å². The number of H-pyrrole nitrogens is 2. The lowest BCUT2D eigenvalue weighted by Gasteiger charge is -1.97. The molecule has 3 N–H and O–H groups in total. The number of nitrogens with one attached hydrogen (secondary N) is 2. The summed E-state index contributed by atoms with van der Waals surface area (Å²) in [6, 6.07) is 9.71. The largest absolute Gasteiger partial charge is 0.481 e. The number of pyridine rings is 1. The maximum Gasteiger partial charge on any atom is 0.305 e. The Balaban J connectivity index is 0.000000212. The Morgan fingerprint density at radius 1 is 1.15 bits per heavy atom. The van der Waals surface area contributed by atoms with Gasteiger partial charge in [-0.1, -0.05) is 32.0 Å². The predicted octanol–water partition coefficient (Wildman–Crippen LogP) is 2.74. The van der Waals surface area contributed by atoms with E-state index in [-0.39, 0.29) is 11.5 Å². The van der Waals surface area contributed by atoms with Gasteiger partial charge in [-0.15, -0.1) is 0 Å². The molecule has 0 bridgehead atoms. The molecular weight excluding hydrogens is 256 g/mol. The summed E-state index contributed by atoms with van der Waals surface area (Å²) in [6.45, 7) is 3.28. The molecule has 20 heavy (non-hydrogen) atoms. The second kappa shape index (κ2) is 5.61. The highest BCUT2D eigenvalue weighted by atomic mass is 16.4. The number of aliphatic carboxylic acids is 1. The van der Waals surface area contributed by atoms with Crippen molar-refractivity contribution in [1.82, 2.24) is 9.97 Å². The second-order valence-corrected chi connectivity index (χ2v) is 4.76. The molecule has 0 aliphatic rings. The van der Waals surface area contributed by atoms with E-state index < -0.39 is 5.97 Å². The van der Waals surface area contributed by atoms with Gasteiger partial charge in [-0.3, -0.25) is 9.59 Å². The standard InChI is InChI=1S/C11H8N2O.C4H8O2/c14-11-10-8(5-6-12-10)7-3-1-2-4-9(7)13-11;1-3(2)4(5)6/h1-6,12H,(H,13,14);3H,1-2H3,(H,5,6). The summed E-state index contributed by atoms with van der Waals surface area (Å²) in [5.74, 6) is -0.972. The van der Waals surface area contributed by atoms with Crippen molar-refractivity contribution in [2.45, 2.75) is 13.8 Å². The maximum atomic E-state index is 11.6. The molecule has 3 rings (SSSR count). The SMILES string of the molecule is CC(C)C(=O)O.O=c1[nH]c2ccccc2c2cc[nH]c12. The smallest absolute Gasteiger partial charge is 0.305 e. The van der Waals surface area contributed by atoms with E-state index in [0.717, 1.165) is 16.3 Å². The minimum Gasteiger partial charge on any atom is -0.481 e. The number of carbonyl (C=O) groups is 1. The van der Waals surface area contributed by atoms with Crippen LogP contribution in [0.4, 0.5) is 0 Å². The molecule has 0 saturated carbocycles. The normalized spacial score (nSPS) is 10.6. The van der Waals surface area contributed by atoms with Crippen LogP contribution in [0.5, 0.6) is 0 Å². The molecule has 0 saturated heterocycles. The molecular formula is C15H16N2O3. The van der Waals surface area contributed by atoms with Gasteiger partial charge in [0.2, 0.25) is 0 Å². The summed E-state index contributed by atoms with van der Waals surface area (Å²) >= 11 is 0. The summed E-state index contributed by atoms with van der Waals surface area (Å²) < 4.78 is 0. The number of aromatic amines is 2. The zero-order chi connectivity index (χ0) is 14.7. The van der Waals surface area contributed by atoms with E-state index in [9.17, 15) is 9.59 Å². The molecule has 0 aliphatic carbocycles. The van der Waals surface area contributed by atoms with E-state index in [1.54, 1.807) is 20.0 Å². The van der Waals surface area contributed by atoms with Crippen LogP contribution >= 0.6 is 0 Å². The molecule has 0 fully saturated rings. The highest BCUT2D eigenvalue weighted by Crippen LogP contribution is 2.19. The van der Waals surface area contributed by atoms with Crippen LogP contribution in [0.2, 0.25) is 0 Å². The first-order valence-corrected chi connectivity index (χ1v) is 6.31. The first-order valence-electron chi connectivity index (χ1n) is 6.31. The van der Waals surface area contributed by atoms with Gasteiger partial charge in [0.25, 0.3) is 5.56 Å². The van der Waals surface area contributed by atoms with Gasteiger partial charge in [0.05, 0.1) is 5.92 Å². The van der Waals surface area contributed by atoms with Gasteiger partial charge in [0, 0.05) is 22.5 Å². The third-order valence-electron chi connectivity index (χ3n) is 2.93. The van der Waals surface area contributed by atoms with Crippen LogP contribution in [-0.4, -0.2) is 21.0 Å². The topological polar surface area (TPSA) is 85.9 Å². The lowest BCUT2D eigenvalue weighted by molar-refractivity contribution is -0.140. The Hall–Kier alpha value is -2.56. The molecule has 3 aromatic rings. The molecule has 2 heterocycles. The van der Waals surface area contributed by atoms with E-state index in [2.05, 4.69) is 9.97 Å². The lowest BCUT2D eigenvalue weighted by Crippen LogP contribution is -2.05. The fourth-order valence-corrected chi connectivity index (χ4v) is 1.79. The number of carboxylic acids is 1. The number of hydrogen-bond acceptors (Lipinski definition) is 2. The van der Waals surface area contributed by atoms with Crippen molar-refractivity contribution in [3.05, 3.63) is 46.9 Å². The van der Waals surface area contributed by atoms with Crippen molar-refractivity contribution in [2.75, 3.05) is 0 Å². The summed E-state index contributed by atoms with van der Waals surface area (Å²) in [4.78, 5) is 27.0. The average molecular weight is 272 g/mol. The Morgan fingerprint density at radius 3 is 2.45 bits per heavy atom. The molecule has 0 unspecified atom stereocenters. The first-order chi connectivity index (χ1) is 9.50. The van der Waals surface area contributed by atoms with E-state index in [0.29, 0.717) is 5.52 Å². The third kappa shape index (κ3) is 2.71. The van der Waals surface area contributed by atoms with E-state index in [4.69, 9.17) is 5.11 Å². The molecule has 5 heteroatoms. The Morgan fingerprint density at radius 2 is 1.80 bits per heavy atom. The van der Waals surface area contributed by atoms with Gasteiger partial charge in [0.1, 0.15) is 5.52 Å². The van der Waals surface area contributed by atoms with Crippen molar-refractivity contribution < 1.29 is 9.90 Å². The number of para-hydroxylation sites is 1. The zero-order valence-electron chi connectivity index (χ0n) is 11.3. The van der Waals surface area contributed by atoms with Crippen molar-refractivity contribution in [3.8, 4) is 0 Å². The number of rotatable bonds is 1. The molecule has 0 amide bonds. The summed E-state index contributed by atoms with van der Waals surface area (Å²) in [7, 11) is 0. The fourth-order valence-electron chi connectivity index (χ4n) is 1.79. The van der Waals surface area contributed by atoms with E-state index >= 15 is 0 Å². The van der Waals surface area contributed by atoms with E-state index in [1.165, 1.54) is 0 Å². The van der Waals surface area contributed by atoms with E-state index in [1.807, 2.05) is 30.3 Å². The summed E-state index contributed by atoms with van der Waals surface area (Å²) in [6.07, 6.45) is 1.78. The van der Waals surface area contributed by atoms with Crippen LogP contribution in [0.15, 0.2) is 41.3 Å². The van der Waals surface area contributed by atoms with Crippen LogP contribution < -0.4 is 5.56 Å². The number of carboxylic acid groups (broad SMARTS) is 1. The van der Waals surface area contributed by atoms with Crippen molar-refractivity contribution in [2.24, 2.45) is 5.92 Å². The van der Waals surface area contributed by atoms with Crippen LogP contribution in [0.1, 0.15) is 13.8 Å². The average Bonchev–Trinajstić information content (AvgIpc) is 2.89. The van der Waals surface area contributed by atoms with Crippen LogP contribution in [0.25, 0.3) is 21.8 Å². The van der Waals surface area contributed by atoms with Crippen molar-refractivity contribution in [1.29, 1.82) is 0 Å². The molecule has 0 atom stereocenters. The van der Waals surface area contributed by atoms with Gasteiger partial charge >= 0.3 is 5.97 Å². The minimum atomic E-state index is -0.741. The Kier molecular flexibility index (Phi) is 3.89. The fraction of sp³-hybridized carbons (Fsp3) is 0.200. The second-order valence-electron chi connectivity index (χ2n) is 4.76. The summed E-state index contributed by atoms with van der Waals surface area (Å²) in [5.41, 5.74) is 1.46. The molecule has 0 spiro atoms. The van der Waals surface area contributed by atoms with Gasteiger partial charge in [-0.2, -0.15) is 0 Å². The quantitative estimate of drug-likeness (QED) is 0.636. The highest BCUT2D eigenvalue weighted by molar-refractivity contribution is 6.03. The predicted molar refractivity (Wildman–Crippen MR) is 78.9 cm³/mol. The van der Waals surface area contributed by atoms with Gasteiger partial charge in [0.15, 0.2) is 0 Å².